The Balaban J connectivity index is 2.46. The lowest BCUT2D eigenvalue weighted by Gasteiger charge is -2.02. The summed E-state index contributed by atoms with van der Waals surface area (Å²) in [6.45, 7) is 3.84. The third-order valence-corrected chi connectivity index (χ3v) is 2.96. The maximum Gasteiger partial charge on any atom is 0.0162 e. The average Bonchev–Trinajstić information content (AvgIpc) is 2.09. The molecule has 0 saturated carbocycles. The molecule has 1 aromatic carbocycles. The molecule has 0 spiro atoms. The molecule has 0 bridgehead atoms. The SMILES string of the molecule is [CH2]CCCCc1ccccc1I. The Bertz CT molecular complexity index is 230. The first-order valence-corrected chi connectivity index (χ1v) is 5.45. The summed E-state index contributed by atoms with van der Waals surface area (Å²) in [5, 5.41) is 0. The highest BCUT2D eigenvalue weighted by Gasteiger charge is 1.96. The summed E-state index contributed by atoms with van der Waals surface area (Å²) in [6, 6.07) is 8.58. The van der Waals surface area contributed by atoms with E-state index < -0.39 is 0 Å². The van der Waals surface area contributed by atoms with E-state index in [0.29, 0.717) is 0 Å². The lowest BCUT2D eigenvalue weighted by atomic mass is 10.1. The van der Waals surface area contributed by atoms with Crippen LogP contribution in [0.25, 0.3) is 0 Å². The van der Waals surface area contributed by atoms with E-state index in [4.69, 9.17) is 0 Å². The first-order valence-electron chi connectivity index (χ1n) is 4.37. The maximum atomic E-state index is 3.84. The van der Waals surface area contributed by atoms with Crippen LogP contribution in [0.3, 0.4) is 0 Å². The topological polar surface area (TPSA) is 0 Å². The van der Waals surface area contributed by atoms with Crippen molar-refractivity contribution in [1.29, 1.82) is 0 Å². The van der Waals surface area contributed by atoms with Gasteiger partial charge in [0.25, 0.3) is 0 Å². The van der Waals surface area contributed by atoms with Gasteiger partial charge in [0.05, 0.1) is 0 Å². The summed E-state index contributed by atoms with van der Waals surface area (Å²) in [4.78, 5) is 0. The van der Waals surface area contributed by atoms with Crippen molar-refractivity contribution in [3.63, 3.8) is 0 Å². The van der Waals surface area contributed by atoms with E-state index in [1.807, 2.05) is 0 Å². The van der Waals surface area contributed by atoms with Gasteiger partial charge in [0, 0.05) is 3.57 Å². The van der Waals surface area contributed by atoms with Gasteiger partial charge in [-0.3, -0.25) is 0 Å². The van der Waals surface area contributed by atoms with E-state index in [1.165, 1.54) is 28.4 Å². The molecule has 0 fully saturated rings. The van der Waals surface area contributed by atoms with Crippen LogP contribution in [0.2, 0.25) is 0 Å². The van der Waals surface area contributed by atoms with Gasteiger partial charge >= 0.3 is 0 Å². The second-order valence-corrected chi connectivity index (χ2v) is 4.06. The van der Waals surface area contributed by atoms with Crippen LogP contribution in [0.1, 0.15) is 24.8 Å². The molecular formula is C11H14I. The number of unbranched alkanes of at least 4 members (excludes halogenated alkanes) is 2. The predicted molar refractivity (Wildman–Crippen MR) is 62.1 cm³/mol. The van der Waals surface area contributed by atoms with Crippen LogP contribution in [-0.2, 0) is 6.42 Å². The molecule has 0 aliphatic carbocycles. The van der Waals surface area contributed by atoms with E-state index in [-0.39, 0.29) is 0 Å². The van der Waals surface area contributed by atoms with Crippen molar-refractivity contribution in [1.82, 2.24) is 0 Å². The van der Waals surface area contributed by atoms with Gasteiger partial charge in [-0.25, -0.2) is 0 Å². The van der Waals surface area contributed by atoms with E-state index in [9.17, 15) is 0 Å². The summed E-state index contributed by atoms with van der Waals surface area (Å²) in [6.07, 6.45) is 4.77. The monoisotopic (exact) mass is 273 g/mol. The Morgan fingerprint density at radius 2 is 1.92 bits per heavy atom. The highest BCUT2D eigenvalue weighted by molar-refractivity contribution is 14.1. The van der Waals surface area contributed by atoms with Gasteiger partial charge in [0.1, 0.15) is 0 Å². The minimum atomic E-state index is 1.06. The molecular weight excluding hydrogens is 259 g/mol. The fourth-order valence-corrected chi connectivity index (χ4v) is 1.85. The number of hydrogen-bond donors (Lipinski definition) is 0. The van der Waals surface area contributed by atoms with Gasteiger partial charge < -0.3 is 0 Å². The fraction of sp³-hybridized carbons (Fsp3) is 0.364. The zero-order valence-corrected chi connectivity index (χ0v) is 9.38. The molecule has 65 valence electrons. The van der Waals surface area contributed by atoms with Gasteiger partial charge in [0.15, 0.2) is 0 Å². The minimum Gasteiger partial charge on any atom is -0.0619 e. The summed E-state index contributed by atoms with van der Waals surface area (Å²) >= 11 is 2.40. The quantitative estimate of drug-likeness (QED) is 0.577. The first kappa shape index (κ1) is 10.0. The van der Waals surface area contributed by atoms with Crippen molar-refractivity contribution in [3.8, 4) is 0 Å². The third kappa shape index (κ3) is 3.13. The number of benzene rings is 1. The highest BCUT2D eigenvalue weighted by atomic mass is 127. The van der Waals surface area contributed by atoms with Crippen LogP contribution in [0.4, 0.5) is 0 Å². The van der Waals surface area contributed by atoms with Crippen LogP contribution < -0.4 is 0 Å². The summed E-state index contributed by atoms with van der Waals surface area (Å²) in [5.74, 6) is 0. The largest absolute Gasteiger partial charge is 0.0619 e. The van der Waals surface area contributed by atoms with Crippen molar-refractivity contribution in [2.24, 2.45) is 0 Å². The molecule has 0 nitrogen and oxygen atoms in total. The summed E-state index contributed by atoms with van der Waals surface area (Å²) in [5.41, 5.74) is 1.48. The van der Waals surface area contributed by atoms with Crippen molar-refractivity contribution in [2.75, 3.05) is 0 Å². The molecule has 1 radical (unpaired) electrons. The minimum absolute atomic E-state index is 1.06. The van der Waals surface area contributed by atoms with E-state index in [2.05, 4.69) is 53.8 Å². The lowest BCUT2D eigenvalue weighted by molar-refractivity contribution is 0.744. The van der Waals surface area contributed by atoms with Gasteiger partial charge in [-0.05, 0) is 47.1 Å². The molecule has 0 atom stereocenters. The predicted octanol–water partition coefficient (Wildman–Crippen LogP) is 3.84. The molecule has 0 unspecified atom stereocenters. The molecule has 1 aromatic rings. The van der Waals surface area contributed by atoms with E-state index in [1.54, 1.807) is 0 Å². The van der Waals surface area contributed by atoms with Crippen molar-refractivity contribution < 1.29 is 0 Å². The molecule has 0 aromatic heterocycles. The fourth-order valence-electron chi connectivity index (χ4n) is 1.19. The Hall–Kier alpha value is -0.0500. The molecule has 0 N–H and O–H groups in total. The standard InChI is InChI=1S/C11H14I/c1-2-3-4-7-10-8-5-6-9-11(10)12/h5-6,8-9H,1-4,7H2. The van der Waals surface area contributed by atoms with Crippen molar-refractivity contribution in [2.45, 2.75) is 25.7 Å². The van der Waals surface area contributed by atoms with Crippen molar-refractivity contribution in [3.05, 3.63) is 40.3 Å². The van der Waals surface area contributed by atoms with E-state index >= 15 is 0 Å². The second kappa shape index (κ2) is 5.57. The van der Waals surface area contributed by atoms with Gasteiger partial charge in [-0.1, -0.05) is 38.0 Å². The lowest BCUT2D eigenvalue weighted by Crippen LogP contribution is -1.88. The third-order valence-electron chi connectivity index (χ3n) is 1.90. The van der Waals surface area contributed by atoms with Crippen LogP contribution in [0.15, 0.2) is 24.3 Å². The van der Waals surface area contributed by atoms with Gasteiger partial charge in [-0.2, -0.15) is 0 Å². The Kier molecular flexibility index (Phi) is 4.66. The summed E-state index contributed by atoms with van der Waals surface area (Å²) < 4.78 is 1.39. The van der Waals surface area contributed by atoms with Crippen molar-refractivity contribution >= 4 is 22.6 Å². The molecule has 0 saturated heterocycles. The van der Waals surface area contributed by atoms with Gasteiger partial charge in [-0.15, -0.1) is 0 Å². The Labute approximate surface area is 88.5 Å². The van der Waals surface area contributed by atoms with E-state index in [0.717, 1.165) is 6.42 Å². The maximum absolute atomic E-state index is 3.84. The van der Waals surface area contributed by atoms with Crippen LogP contribution in [0.5, 0.6) is 0 Å². The highest BCUT2D eigenvalue weighted by Crippen LogP contribution is 2.14. The van der Waals surface area contributed by atoms with Crippen LogP contribution in [-0.4, -0.2) is 0 Å². The van der Waals surface area contributed by atoms with Gasteiger partial charge in [0.2, 0.25) is 0 Å². The number of aryl methyl sites for hydroxylation is 1. The molecule has 0 aliphatic rings. The molecule has 0 aliphatic heterocycles. The molecule has 0 amide bonds. The molecule has 1 heteroatoms. The average molecular weight is 273 g/mol. The Morgan fingerprint density at radius 3 is 2.58 bits per heavy atom. The number of halogens is 1. The molecule has 12 heavy (non-hydrogen) atoms. The van der Waals surface area contributed by atoms with Crippen LogP contribution >= 0.6 is 22.6 Å². The Morgan fingerprint density at radius 1 is 1.17 bits per heavy atom. The molecule has 1 rings (SSSR count). The number of hydrogen-bond acceptors (Lipinski definition) is 0. The zero-order valence-electron chi connectivity index (χ0n) is 7.22. The first-order chi connectivity index (χ1) is 5.84. The number of rotatable bonds is 4. The zero-order chi connectivity index (χ0) is 8.81. The summed E-state index contributed by atoms with van der Waals surface area (Å²) in [7, 11) is 0. The normalized spacial score (nSPS) is 10.2. The molecule has 0 heterocycles. The second-order valence-electron chi connectivity index (χ2n) is 2.90. The smallest absolute Gasteiger partial charge is 0.0162 e. The van der Waals surface area contributed by atoms with Crippen LogP contribution in [0, 0.1) is 10.5 Å².